The van der Waals surface area contributed by atoms with Gasteiger partial charge in [-0.05, 0) is 12.0 Å². The summed E-state index contributed by atoms with van der Waals surface area (Å²) in [5.41, 5.74) is 3.18. The third-order valence-corrected chi connectivity index (χ3v) is 3.95. The molecule has 0 aliphatic carbocycles. The van der Waals surface area contributed by atoms with Gasteiger partial charge in [0, 0.05) is 17.7 Å². The van der Waals surface area contributed by atoms with Crippen LogP contribution >= 0.6 is 0 Å². The number of rotatable bonds is 3. The molecule has 0 saturated heterocycles. The summed E-state index contributed by atoms with van der Waals surface area (Å²) in [6.45, 7) is 11.2. The highest BCUT2D eigenvalue weighted by Gasteiger charge is 2.20. The first kappa shape index (κ1) is 14.1. The summed E-state index contributed by atoms with van der Waals surface area (Å²) >= 11 is 0. The lowest BCUT2D eigenvalue weighted by Crippen LogP contribution is -2.23. The van der Waals surface area contributed by atoms with Crippen LogP contribution in [0.3, 0.4) is 0 Å². The number of benzene rings is 1. The molecule has 1 N–H and O–H groups in total. The Bertz CT molecular complexity index is 915. The lowest BCUT2D eigenvalue weighted by molar-refractivity contribution is 0.791. The summed E-state index contributed by atoms with van der Waals surface area (Å²) in [5.74, 6) is 0.00216. The van der Waals surface area contributed by atoms with Crippen molar-refractivity contribution in [2.75, 3.05) is 0 Å². The van der Waals surface area contributed by atoms with Crippen LogP contribution in [0.2, 0.25) is 0 Å². The molecule has 1 unspecified atom stereocenters. The van der Waals surface area contributed by atoms with Crippen molar-refractivity contribution in [2.45, 2.75) is 26.2 Å². The van der Waals surface area contributed by atoms with Crippen molar-refractivity contribution in [2.24, 2.45) is 0 Å². The van der Waals surface area contributed by atoms with E-state index in [1.54, 1.807) is 0 Å². The Balaban J connectivity index is 2.29. The van der Waals surface area contributed by atoms with Crippen LogP contribution in [-0.4, -0.2) is 14.6 Å². The van der Waals surface area contributed by atoms with E-state index < -0.39 is 0 Å². The van der Waals surface area contributed by atoms with Gasteiger partial charge < -0.3 is 5.10 Å². The molecule has 0 amide bonds. The average molecular weight is 292 g/mol. The van der Waals surface area contributed by atoms with Crippen LogP contribution < -0.4 is 5.56 Å². The van der Waals surface area contributed by atoms with Crippen molar-refractivity contribution in [1.82, 2.24) is 14.6 Å². The Hall–Kier alpha value is -2.87. The number of hydrogen-bond acceptors (Lipinski definition) is 2. The van der Waals surface area contributed by atoms with Crippen LogP contribution in [0.5, 0.6) is 0 Å². The van der Waals surface area contributed by atoms with Crippen LogP contribution in [0.25, 0.3) is 10.5 Å². The molecule has 0 saturated carbocycles. The van der Waals surface area contributed by atoms with E-state index in [-0.39, 0.29) is 11.5 Å². The Labute approximate surface area is 128 Å². The molecule has 5 heteroatoms. The van der Waals surface area contributed by atoms with Gasteiger partial charge in [0.05, 0.1) is 12.3 Å². The van der Waals surface area contributed by atoms with Crippen molar-refractivity contribution < 1.29 is 0 Å². The number of fused-ring (bicyclic) bond motifs is 1. The molecular formula is C17H16N4O. The van der Waals surface area contributed by atoms with E-state index >= 15 is 0 Å². The Morgan fingerprint density at radius 2 is 2.09 bits per heavy atom. The lowest BCUT2D eigenvalue weighted by atomic mass is 9.94. The third-order valence-electron chi connectivity index (χ3n) is 3.95. The number of aromatic nitrogens is 3. The van der Waals surface area contributed by atoms with E-state index in [4.69, 9.17) is 6.57 Å². The first-order valence-electron chi connectivity index (χ1n) is 7.22. The first-order valence-corrected chi connectivity index (χ1v) is 7.22. The molecule has 0 bridgehead atoms. The van der Waals surface area contributed by atoms with Crippen LogP contribution in [-0.2, 0) is 6.42 Å². The molecule has 0 radical (unpaired) electrons. The zero-order valence-corrected chi connectivity index (χ0v) is 12.5. The van der Waals surface area contributed by atoms with Gasteiger partial charge in [0.2, 0.25) is 5.69 Å². The number of hydrogen-bond donors (Lipinski definition) is 1. The molecule has 5 nitrogen and oxygen atoms in total. The standard InChI is InChI=1S/C17H16N4O/c1-4-13-15(11(2)12-8-6-5-7-9-12)20-16-14(18-3)10-19-21(16)17(13)22/h5-11,19H,4H2,1-2H3. The SMILES string of the molecule is [C-]#[N+]c1c[nH]n2c(=O)c(CC)c(C(C)c3ccccc3)nc12. The molecule has 1 aromatic carbocycles. The first-order chi connectivity index (χ1) is 10.7. The summed E-state index contributed by atoms with van der Waals surface area (Å²) in [5, 5.41) is 2.82. The average Bonchev–Trinajstić information content (AvgIpc) is 2.98. The molecule has 2 heterocycles. The van der Waals surface area contributed by atoms with Crippen LogP contribution in [0, 0.1) is 6.57 Å². The second-order valence-electron chi connectivity index (χ2n) is 5.20. The summed E-state index contributed by atoms with van der Waals surface area (Å²) in [6, 6.07) is 9.97. The molecule has 110 valence electrons. The largest absolute Gasteiger partial charge is 0.308 e. The normalized spacial score (nSPS) is 12.2. The van der Waals surface area contributed by atoms with Crippen molar-refractivity contribution in [3.8, 4) is 0 Å². The zero-order valence-electron chi connectivity index (χ0n) is 12.5. The van der Waals surface area contributed by atoms with Crippen molar-refractivity contribution in [3.05, 3.63) is 75.1 Å². The van der Waals surface area contributed by atoms with Crippen molar-refractivity contribution in [1.29, 1.82) is 0 Å². The number of aromatic amines is 1. The maximum absolute atomic E-state index is 12.6. The molecule has 0 aliphatic heterocycles. The zero-order chi connectivity index (χ0) is 15.7. The molecule has 3 rings (SSSR count). The molecule has 0 spiro atoms. The minimum Gasteiger partial charge on any atom is -0.308 e. The van der Waals surface area contributed by atoms with Crippen LogP contribution in [0.4, 0.5) is 5.69 Å². The number of nitrogens with zero attached hydrogens (tertiary/aromatic N) is 3. The highest BCUT2D eigenvalue weighted by Crippen LogP contribution is 2.26. The summed E-state index contributed by atoms with van der Waals surface area (Å²) in [6.07, 6.45) is 2.13. The topological polar surface area (TPSA) is 54.5 Å². The van der Waals surface area contributed by atoms with E-state index in [2.05, 4.69) is 14.9 Å². The lowest BCUT2D eigenvalue weighted by Gasteiger charge is -2.15. The fourth-order valence-electron chi connectivity index (χ4n) is 2.73. The fourth-order valence-corrected chi connectivity index (χ4v) is 2.73. The maximum Gasteiger partial charge on any atom is 0.274 e. The third kappa shape index (κ3) is 2.09. The molecular weight excluding hydrogens is 276 g/mol. The Morgan fingerprint density at radius 1 is 1.36 bits per heavy atom. The quantitative estimate of drug-likeness (QED) is 0.753. The van der Waals surface area contributed by atoms with Gasteiger partial charge in [0.25, 0.3) is 5.56 Å². The minimum absolute atomic E-state index is 0.00216. The minimum atomic E-state index is -0.125. The molecule has 22 heavy (non-hydrogen) atoms. The molecule has 1 atom stereocenters. The smallest absolute Gasteiger partial charge is 0.274 e. The predicted molar refractivity (Wildman–Crippen MR) is 85.4 cm³/mol. The second-order valence-corrected chi connectivity index (χ2v) is 5.20. The highest BCUT2D eigenvalue weighted by molar-refractivity contribution is 5.67. The van der Waals surface area contributed by atoms with Crippen molar-refractivity contribution >= 4 is 11.3 Å². The van der Waals surface area contributed by atoms with Gasteiger partial charge in [-0.1, -0.05) is 44.2 Å². The highest BCUT2D eigenvalue weighted by atomic mass is 16.1. The Morgan fingerprint density at radius 3 is 2.73 bits per heavy atom. The van der Waals surface area contributed by atoms with Gasteiger partial charge in [-0.25, -0.2) is 14.3 Å². The van der Waals surface area contributed by atoms with E-state index in [0.717, 1.165) is 11.3 Å². The van der Waals surface area contributed by atoms with Crippen LogP contribution in [0.15, 0.2) is 41.3 Å². The van der Waals surface area contributed by atoms with Gasteiger partial charge in [0.1, 0.15) is 0 Å². The van der Waals surface area contributed by atoms with Gasteiger partial charge in [0.15, 0.2) is 5.65 Å². The van der Waals surface area contributed by atoms with Crippen molar-refractivity contribution in [3.63, 3.8) is 0 Å². The maximum atomic E-state index is 12.6. The van der Waals surface area contributed by atoms with E-state index in [1.165, 1.54) is 10.7 Å². The van der Waals surface area contributed by atoms with E-state index in [0.29, 0.717) is 23.3 Å². The fraction of sp³-hybridized carbons (Fsp3) is 0.235. The van der Waals surface area contributed by atoms with Gasteiger partial charge >= 0.3 is 0 Å². The van der Waals surface area contributed by atoms with Gasteiger partial charge in [-0.2, -0.15) is 0 Å². The summed E-state index contributed by atoms with van der Waals surface area (Å²) in [7, 11) is 0. The van der Waals surface area contributed by atoms with E-state index in [1.807, 2.05) is 44.2 Å². The van der Waals surface area contributed by atoms with Crippen LogP contribution in [0.1, 0.15) is 36.6 Å². The number of nitrogens with one attached hydrogen (secondary N) is 1. The second kappa shape index (κ2) is 5.49. The Kier molecular flexibility index (Phi) is 3.51. The molecule has 2 aromatic heterocycles. The number of H-pyrrole nitrogens is 1. The van der Waals surface area contributed by atoms with Gasteiger partial charge in [-0.15, -0.1) is 0 Å². The monoisotopic (exact) mass is 292 g/mol. The predicted octanol–water partition coefficient (Wildman–Crippen LogP) is 3.29. The van der Waals surface area contributed by atoms with Gasteiger partial charge in [-0.3, -0.25) is 4.79 Å². The summed E-state index contributed by atoms with van der Waals surface area (Å²) < 4.78 is 1.35. The molecule has 3 aromatic rings. The molecule has 0 aliphatic rings. The van der Waals surface area contributed by atoms with E-state index in [9.17, 15) is 4.79 Å². The molecule has 0 fully saturated rings. The summed E-state index contributed by atoms with van der Waals surface area (Å²) in [4.78, 5) is 20.7.